The van der Waals surface area contributed by atoms with Gasteiger partial charge in [0.1, 0.15) is 6.33 Å². The maximum absolute atomic E-state index is 13.0. The molecule has 0 aliphatic carbocycles. The second-order valence-corrected chi connectivity index (χ2v) is 6.42. The predicted octanol–water partition coefficient (Wildman–Crippen LogP) is 4.70. The third kappa shape index (κ3) is 4.58. The molecule has 0 saturated carbocycles. The first kappa shape index (κ1) is 22.5. The van der Waals surface area contributed by atoms with Crippen molar-refractivity contribution in [3.8, 4) is 0 Å². The van der Waals surface area contributed by atoms with Crippen LogP contribution >= 0.6 is 0 Å². The number of aromatic nitrogens is 2. The number of nitrogens with one attached hydrogen (secondary N) is 1. The van der Waals surface area contributed by atoms with Crippen LogP contribution in [-0.4, -0.2) is 35.0 Å². The van der Waals surface area contributed by atoms with E-state index in [1.54, 1.807) is 12.1 Å². The number of benzene rings is 2. The number of halogens is 3. The highest BCUT2D eigenvalue weighted by molar-refractivity contribution is 5.97. The topological polar surface area (TPSA) is 110 Å². The lowest BCUT2D eigenvalue weighted by atomic mass is 10.1. The molecule has 0 amide bonds. The number of anilines is 4. The lowest BCUT2D eigenvalue weighted by molar-refractivity contribution is -0.383. The van der Waals surface area contributed by atoms with E-state index in [-0.39, 0.29) is 28.6 Å². The molecule has 0 saturated heterocycles. The fourth-order valence-electron chi connectivity index (χ4n) is 2.95. The summed E-state index contributed by atoms with van der Waals surface area (Å²) >= 11 is 0. The molecule has 2 aromatic carbocycles. The maximum atomic E-state index is 13.0. The Kier molecular flexibility index (Phi) is 6.23. The lowest BCUT2D eigenvalue weighted by Crippen LogP contribution is -2.18. The van der Waals surface area contributed by atoms with Gasteiger partial charge in [-0.3, -0.25) is 10.1 Å². The molecule has 0 spiro atoms. The molecule has 1 aromatic heterocycles. The number of carbonyl (C=O) groups is 1. The van der Waals surface area contributed by atoms with Crippen molar-refractivity contribution in [2.75, 3.05) is 24.4 Å². The van der Waals surface area contributed by atoms with E-state index >= 15 is 0 Å². The van der Waals surface area contributed by atoms with Gasteiger partial charge in [-0.1, -0.05) is 18.2 Å². The molecule has 0 radical (unpaired) electrons. The minimum absolute atomic E-state index is 0.0508. The first-order valence-electron chi connectivity index (χ1n) is 8.98. The molecule has 0 fully saturated rings. The molecular weight excluding hydrogens is 431 g/mol. The zero-order chi connectivity index (χ0) is 23.5. The number of carbonyl (C=O) groups excluding carboxylic acids is 1. The lowest BCUT2D eigenvalue weighted by Gasteiger charge is -2.21. The fraction of sp³-hybridized carbons (Fsp3) is 0.150. The number of hydrogen-bond donors (Lipinski definition) is 1. The van der Waals surface area contributed by atoms with Crippen LogP contribution in [0.5, 0.6) is 0 Å². The Balaban J connectivity index is 2.07. The van der Waals surface area contributed by atoms with Gasteiger partial charge in [0.25, 0.3) is 0 Å². The van der Waals surface area contributed by atoms with Crippen molar-refractivity contribution in [2.45, 2.75) is 6.18 Å². The Morgan fingerprint density at radius 3 is 2.53 bits per heavy atom. The molecule has 32 heavy (non-hydrogen) atoms. The highest BCUT2D eigenvalue weighted by Gasteiger charge is 2.31. The van der Waals surface area contributed by atoms with Crippen LogP contribution in [0.2, 0.25) is 0 Å². The van der Waals surface area contributed by atoms with Gasteiger partial charge in [-0.05, 0) is 30.3 Å². The molecule has 166 valence electrons. The van der Waals surface area contributed by atoms with Crippen LogP contribution < -0.4 is 10.2 Å². The van der Waals surface area contributed by atoms with Crippen LogP contribution in [-0.2, 0) is 10.9 Å². The van der Waals surface area contributed by atoms with Crippen molar-refractivity contribution in [3.05, 3.63) is 76.1 Å². The number of ether oxygens (including phenoxy) is 1. The standard InChI is InChI=1S/C20H16F3N5O4/c1-27(15-9-4-3-8-14(15)19(29)32-2)18-16(28(30)31)17(24-11-25-18)26-13-7-5-6-12(10-13)20(21,22)23/h3-11H,1-2H3,(H,24,25,26). The molecule has 0 bridgehead atoms. The van der Waals surface area contributed by atoms with Crippen LogP contribution in [0.3, 0.4) is 0 Å². The van der Waals surface area contributed by atoms with Crippen LogP contribution in [0.25, 0.3) is 0 Å². The summed E-state index contributed by atoms with van der Waals surface area (Å²) in [5, 5.41) is 14.4. The molecule has 1 heterocycles. The van der Waals surface area contributed by atoms with Gasteiger partial charge in [-0.25, -0.2) is 14.8 Å². The number of nitro groups is 1. The summed E-state index contributed by atoms with van der Waals surface area (Å²) < 4.78 is 43.7. The Labute approximate surface area is 179 Å². The third-order valence-electron chi connectivity index (χ3n) is 4.43. The number of nitrogens with zero attached hydrogens (tertiary/aromatic N) is 4. The van der Waals surface area contributed by atoms with Crippen LogP contribution in [0.15, 0.2) is 54.9 Å². The maximum Gasteiger partial charge on any atom is 0.416 e. The second kappa shape index (κ2) is 8.88. The molecule has 0 atom stereocenters. The van der Waals surface area contributed by atoms with Crippen molar-refractivity contribution < 1.29 is 27.6 Å². The van der Waals surface area contributed by atoms with Crippen LogP contribution in [0, 0.1) is 10.1 Å². The van der Waals surface area contributed by atoms with Gasteiger partial charge in [0.05, 0.1) is 28.8 Å². The molecule has 3 aromatic rings. The van der Waals surface area contributed by atoms with Gasteiger partial charge in [-0.15, -0.1) is 0 Å². The van der Waals surface area contributed by atoms with Gasteiger partial charge in [0.2, 0.25) is 11.6 Å². The third-order valence-corrected chi connectivity index (χ3v) is 4.43. The van der Waals surface area contributed by atoms with Crippen molar-refractivity contribution in [2.24, 2.45) is 0 Å². The Bertz CT molecular complexity index is 1170. The molecule has 3 rings (SSSR count). The Morgan fingerprint density at radius 2 is 1.88 bits per heavy atom. The molecule has 0 aliphatic heterocycles. The molecule has 9 nitrogen and oxygen atoms in total. The van der Waals surface area contributed by atoms with E-state index in [2.05, 4.69) is 15.3 Å². The number of rotatable bonds is 6. The van der Waals surface area contributed by atoms with Crippen LogP contribution in [0.4, 0.5) is 41.9 Å². The van der Waals surface area contributed by atoms with Crippen molar-refractivity contribution in [3.63, 3.8) is 0 Å². The number of methoxy groups -OCH3 is 1. The number of esters is 1. The monoisotopic (exact) mass is 447 g/mol. The summed E-state index contributed by atoms with van der Waals surface area (Å²) in [5.74, 6) is -1.16. The quantitative estimate of drug-likeness (QED) is 0.329. The highest BCUT2D eigenvalue weighted by atomic mass is 19.4. The van der Waals surface area contributed by atoms with E-state index < -0.39 is 28.3 Å². The Hall–Kier alpha value is -4.22. The smallest absolute Gasteiger partial charge is 0.416 e. The first-order chi connectivity index (χ1) is 15.1. The van der Waals surface area contributed by atoms with Gasteiger partial charge < -0.3 is 15.0 Å². The van der Waals surface area contributed by atoms with E-state index in [1.807, 2.05) is 0 Å². The minimum atomic E-state index is -4.59. The average molecular weight is 447 g/mol. The number of para-hydroxylation sites is 1. The largest absolute Gasteiger partial charge is 0.465 e. The summed E-state index contributed by atoms with van der Waals surface area (Å²) in [6.45, 7) is 0. The zero-order valence-electron chi connectivity index (χ0n) is 16.8. The van der Waals surface area contributed by atoms with E-state index in [0.29, 0.717) is 0 Å². The Morgan fingerprint density at radius 1 is 1.16 bits per heavy atom. The van der Waals surface area contributed by atoms with Crippen LogP contribution in [0.1, 0.15) is 15.9 Å². The second-order valence-electron chi connectivity index (χ2n) is 6.42. The first-order valence-corrected chi connectivity index (χ1v) is 8.98. The molecule has 1 N–H and O–H groups in total. The van der Waals surface area contributed by atoms with Crippen molar-refractivity contribution in [1.82, 2.24) is 9.97 Å². The fourth-order valence-corrected chi connectivity index (χ4v) is 2.95. The van der Waals surface area contributed by atoms with Gasteiger partial charge >= 0.3 is 17.8 Å². The van der Waals surface area contributed by atoms with E-state index in [1.165, 1.54) is 37.3 Å². The normalized spacial score (nSPS) is 11.0. The average Bonchev–Trinajstić information content (AvgIpc) is 2.77. The summed E-state index contributed by atoms with van der Waals surface area (Å²) in [6, 6.07) is 10.4. The molecule has 0 aliphatic rings. The molecular formula is C20H16F3N5O4. The van der Waals surface area contributed by atoms with Gasteiger partial charge in [0.15, 0.2) is 0 Å². The summed E-state index contributed by atoms with van der Waals surface area (Å²) in [4.78, 5) is 32.3. The summed E-state index contributed by atoms with van der Waals surface area (Å²) in [7, 11) is 2.65. The van der Waals surface area contributed by atoms with E-state index in [9.17, 15) is 28.1 Å². The van der Waals surface area contributed by atoms with E-state index in [0.717, 1.165) is 24.5 Å². The molecule has 12 heteroatoms. The SMILES string of the molecule is COC(=O)c1ccccc1N(C)c1ncnc(Nc2cccc(C(F)(F)F)c2)c1[N+](=O)[O-]. The zero-order valence-corrected chi connectivity index (χ0v) is 16.8. The van der Waals surface area contributed by atoms with Crippen molar-refractivity contribution in [1.29, 1.82) is 0 Å². The number of alkyl halides is 3. The van der Waals surface area contributed by atoms with Gasteiger partial charge in [-0.2, -0.15) is 13.2 Å². The predicted molar refractivity (Wildman–Crippen MR) is 109 cm³/mol. The van der Waals surface area contributed by atoms with Crippen molar-refractivity contribution >= 4 is 34.7 Å². The summed E-state index contributed by atoms with van der Waals surface area (Å²) in [6.07, 6.45) is -3.56. The highest BCUT2D eigenvalue weighted by Crippen LogP contribution is 2.38. The van der Waals surface area contributed by atoms with Gasteiger partial charge in [0, 0.05) is 12.7 Å². The molecule has 0 unspecified atom stereocenters. The number of hydrogen-bond acceptors (Lipinski definition) is 8. The summed E-state index contributed by atoms with van der Waals surface area (Å²) in [5.41, 5.74) is -1.16. The minimum Gasteiger partial charge on any atom is -0.465 e. The van der Waals surface area contributed by atoms with E-state index in [4.69, 9.17) is 4.74 Å².